The Morgan fingerprint density at radius 3 is 3.04 bits per heavy atom. The molecule has 0 aliphatic carbocycles. The minimum Gasteiger partial charge on any atom is -0.505 e. The number of nitrogens with zero attached hydrogens (tertiary/aromatic N) is 1. The molecule has 2 aromatic rings. The molecule has 0 saturated carbocycles. The smallest absolute Gasteiger partial charge is 0.224 e. The number of aromatic nitrogens is 1. The first-order chi connectivity index (χ1) is 11.7. The lowest BCUT2D eigenvalue weighted by Crippen LogP contribution is -2.18. The van der Waals surface area contributed by atoms with Crippen molar-refractivity contribution < 1.29 is 14.6 Å². The lowest BCUT2D eigenvalue weighted by atomic mass is 10.0. The van der Waals surface area contributed by atoms with Gasteiger partial charge < -0.3 is 15.2 Å². The zero-order valence-electron chi connectivity index (χ0n) is 13.3. The third-order valence-corrected chi connectivity index (χ3v) is 4.85. The van der Waals surface area contributed by atoms with E-state index in [4.69, 9.17) is 4.74 Å². The quantitative estimate of drug-likeness (QED) is 0.593. The number of carbonyl (C=O) groups is 1. The van der Waals surface area contributed by atoms with Crippen LogP contribution < -0.4 is 10.1 Å². The molecule has 0 spiro atoms. The van der Waals surface area contributed by atoms with Crippen molar-refractivity contribution >= 4 is 23.4 Å². The first-order valence-electron chi connectivity index (χ1n) is 8.05. The number of hydrogen-bond donors (Lipinski definition) is 2. The summed E-state index contributed by atoms with van der Waals surface area (Å²) in [6.45, 7) is 0.653. The Kier molecular flexibility index (Phi) is 5.59. The maximum Gasteiger partial charge on any atom is 0.224 e. The number of aryl methyl sites for hydroxylation is 1. The van der Waals surface area contributed by atoms with Gasteiger partial charge in [-0.3, -0.25) is 4.79 Å². The van der Waals surface area contributed by atoms with E-state index in [1.165, 1.54) is 0 Å². The number of rotatable bonds is 7. The maximum absolute atomic E-state index is 11.3. The second-order valence-corrected chi connectivity index (χ2v) is 6.68. The summed E-state index contributed by atoms with van der Waals surface area (Å²) in [4.78, 5) is 15.5. The summed E-state index contributed by atoms with van der Waals surface area (Å²) in [5.74, 6) is 2.05. The van der Waals surface area contributed by atoms with E-state index in [9.17, 15) is 9.90 Å². The Balaban J connectivity index is 1.38. The molecule has 0 saturated heterocycles. The molecule has 0 radical (unpaired) electrons. The summed E-state index contributed by atoms with van der Waals surface area (Å²) < 4.78 is 5.79. The number of nitrogens with one attached hydrogen (secondary N) is 1. The molecule has 0 unspecified atom stereocenters. The maximum atomic E-state index is 11.3. The molecule has 1 aromatic carbocycles. The fraction of sp³-hybridized carbons (Fsp3) is 0.333. The molecule has 0 fully saturated rings. The number of carbonyl (C=O) groups excluding carboxylic acids is 1. The summed E-state index contributed by atoms with van der Waals surface area (Å²) >= 11 is 1.56. The number of ether oxygens (including phenoxy) is 1. The van der Waals surface area contributed by atoms with Crippen LogP contribution in [0.4, 0.5) is 5.69 Å². The van der Waals surface area contributed by atoms with Crippen LogP contribution in [0, 0.1) is 0 Å². The van der Waals surface area contributed by atoms with E-state index in [1.807, 2.05) is 18.2 Å². The van der Waals surface area contributed by atoms with Crippen molar-refractivity contribution in [2.75, 3.05) is 17.7 Å². The number of amides is 1. The van der Waals surface area contributed by atoms with Crippen molar-refractivity contribution in [1.29, 1.82) is 0 Å². The molecule has 1 aliphatic rings. The van der Waals surface area contributed by atoms with E-state index in [2.05, 4.69) is 10.3 Å². The summed E-state index contributed by atoms with van der Waals surface area (Å²) in [6, 6.07) is 9.18. The Bertz CT molecular complexity index is 721. The van der Waals surface area contributed by atoms with Gasteiger partial charge in [-0.1, -0.05) is 0 Å². The van der Waals surface area contributed by atoms with Gasteiger partial charge in [-0.2, -0.15) is 0 Å². The molecule has 6 heteroatoms. The summed E-state index contributed by atoms with van der Waals surface area (Å²) in [5, 5.41) is 13.2. The fourth-order valence-corrected chi connectivity index (χ4v) is 3.40. The van der Waals surface area contributed by atoms with Crippen LogP contribution in [0.15, 0.2) is 41.6 Å². The van der Waals surface area contributed by atoms with Crippen molar-refractivity contribution in [2.45, 2.75) is 30.7 Å². The minimum absolute atomic E-state index is 0.0765. The molecular weight excluding hydrogens is 324 g/mol. The van der Waals surface area contributed by atoms with Gasteiger partial charge in [0, 0.05) is 18.3 Å². The van der Waals surface area contributed by atoms with Gasteiger partial charge in [0.15, 0.2) is 0 Å². The van der Waals surface area contributed by atoms with Crippen molar-refractivity contribution in [3.05, 3.63) is 42.1 Å². The average Bonchev–Trinajstić information content (AvgIpc) is 2.59. The van der Waals surface area contributed by atoms with Crippen molar-refractivity contribution in [3.63, 3.8) is 0 Å². The molecule has 0 atom stereocenters. The van der Waals surface area contributed by atoms with Crippen LogP contribution in [0.1, 0.15) is 24.8 Å². The fourth-order valence-electron chi connectivity index (χ4n) is 2.51. The number of aromatic hydroxyl groups is 1. The summed E-state index contributed by atoms with van der Waals surface area (Å²) in [5.41, 5.74) is 2.03. The number of hydrogen-bond acceptors (Lipinski definition) is 5. The van der Waals surface area contributed by atoms with Crippen LogP contribution in [0.25, 0.3) is 0 Å². The molecular formula is C18H20N2O3S. The van der Waals surface area contributed by atoms with Crippen LogP contribution in [-0.2, 0) is 11.2 Å². The molecule has 2 N–H and O–H groups in total. The highest BCUT2D eigenvalue weighted by Crippen LogP contribution is 2.27. The van der Waals surface area contributed by atoms with Gasteiger partial charge in [-0.15, -0.1) is 11.8 Å². The van der Waals surface area contributed by atoms with Gasteiger partial charge in [0.05, 0.1) is 6.61 Å². The van der Waals surface area contributed by atoms with Gasteiger partial charge in [-0.05, 0) is 60.9 Å². The number of thioether (sulfide) groups is 1. The van der Waals surface area contributed by atoms with Gasteiger partial charge in [0.25, 0.3) is 0 Å². The number of unbranched alkanes of at least 4 members (excludes halogenated alkanes) is 1. The molecule has 1 amide bonds. The Morgan fingerprint density at radius 2 is 2.17 bits per heavy atom. The zero-order chi connectivity index (χ0) is 16.8. The van der Waals surface area contributed by atoms with E-state index >= 15 is 0 Å². The average molecular weight is 344 g/mol. The molecule has 1 aromatic heterocycles. The topological polar surface area (TPSA) is 71.5 Å². The van der Waals surface area contributed by atoms with E-state index < -0.39 is 0 Å². The normalized spacial score (nSPS) is 13.2. The molecule has 0 bridgehead atoms. The molecule has 1 aliphatic heterocycles. The van der Waals surface area contributed by atoms with Crippen molar-refractivity contribution in [1.82, 2.24) is 4.98 Å². The van der Waals surface area contributed by atoms with Crippen LogP contribution in [-0.4, -0.2) is 28.4 Å². The molecule has 126 valence electrons. The monoisotopic (exact) mass is 344 g/mol. The Hall–Kier alpha value is -2.21. The summed E-state index contributed by atoms with van der Waals surface area (Å²) in [7, 11) is 0. The number of anilines is 1. The molecule has 3 rings (SSSR count). The Morgan fingerprint density at radius 1 is 1.25 bits per heavy atom. The number of fused-ring (bicyclic) bond motifs is 1. The van der Waals surface area contributed by atoms with Crippen LogP contribution >= 0.6 is 11.8 Å². The molecule has 24 heavy (non-hydrogen) atoms. The predicted molar refractivity (Wildman–Crippen MR) is 94.7 cm³/mol. The second-order valence-electron chi connectivity index (χ2n) is 5.60. The van der Waals surface area contributed by atoms with Gasteiger partial charge in [0.1, 0.15) is 16.5 Å². The first kappa shape index (κ1) is 16.6. The largest absolute Gasteiger partial charge is 0.505 e. The van der Waals surface area contributed by atoms with Gasteiger partial charge in [0.2, 0.25) is 5.91 Å². The zero-order valence-corrected chi connectivity index (χ0v) is 14.1. The van der Waals surface area contributed by atoms with E-state index in [0.29, 0.717) is 18.1 Å². The first-order valence-corrected chi connectivity index (χ1v) is 9.03. The van der Waals surface area contributed by atoms with Crippen molar-refractivity contribution in [3.8, 4) is 11.5 Å². The number of pyridine rings is 1. The lowest BCUT2D eigenvalue weighted by Gasteiger charge is -2.17. The van der Waals surface area contributed by atoms with Crippen LogP contribution in [0.5, 0.6) is 11.5 Å². The van der Waals surface area contributed by atoms with Crippen LogP contribution in [0.2, 0.25) is 0 Å². The van der Waals surface area contributed by atoms with Gasteiger partial charge >= 0.3 is 0 Å². The SMILES string of the molecule is O=C1CCc2cc(OCCCCSc3ncccc3O)ccc2N1. The minimum atomic E-state index is 0.0765. The van der Waals surface area contributed by atoms with Gasteiger partial charge in [-0.25, -0.2) is 4.98 Å². The highest BCUT2D eigenvalue weighted by Gasteiger charge is 2.14. The van der Waals surface area contributed by atoms with E-state index in [1.54, 1.807) is 30.1 Å². The summed E-state index contributed by atoms with van der Waals surface area (Å²) in [6.07, 6.45) is 4.91. The third kappa shape index (κ3) is 4.41. The van der Waals surface area contributed by atoms with Crippen molar-refractivity contribution in [2.24, 2.45) is 0 Å². The Labute approximate surface area is 145 Å². The third-order valence-electron chi connectivity index (χ3n) is 3.77. The predicted octanol–water partition coefficient (Wildman–Crippen LogP) is 3.62. The standard InChI is InChI=1S/C18H20N2O3S/c21-16-4-3-9-19-18(16)24-11-2-1-10-23-14-6-7-15-13(12-14)5-8-17(22)20-15/h3-4,6-7,9,12,21H,1-2,5,8,10-11H2,(H,20,22). The van der Waals surface area contributed by atoms with E-state index in [-0.39, 0.29) is 11.7 Å². The molecule has 2 heterocycles. The lowest BCUT2D eigenvalue weighted by molar-refractivity contribution is -0.116. The highest BCUT2D eigenvalue weighted by atomic mass is 32.2. The molecule has 5 nitrogen and oxygen atoms in total. The number of benzene rings is 1. The second kappa shape index (κ2) is 8.06. The highest BCUT2D eigenvalue weighted by molar-refractivity contribution is 7.99. The van der Waals surface area contributed by atoms with Crippen LogP contribution in [0.3, 0.4) is 0 Å². The van der Waals surface area contributed by atoms with E-state index in [0.717, 1.165) is 42.0 Å².